The maximum Gasteiger partial charge on any atom is 0.337 e. The molecule has 2 aromatic carbocycles. The summed E-state index contributed by atoms with van der Waals surface area (Å²) >= 11 is 6.01. The Hall–Kier alpha value is -3.38. The van der Waals surface area contributed by atoms with Crippen LogP contribution in [0.1, 0.15) is 37.7 Å². The number of hydrogen-bond donors (Lipinski definition) is 2. The first-order valence-electron chi connectivity index (χ1n) is 8.49. The molecule has 0 radical (unpaired) electrons. The molecule has 3 aromatic rings. The first kappa shape index (κ1) is 19.4. The largest absolute Gasteiger partial charge is 0.478 e. The summed E-state index contributed by atoms with van der Waals surface area (Å²) in [6, 6.07) is 15.4. The molecule has 3 rings (SSSR count). The smallest absolute Gasteiger partial charge is 0.337 e. The number of nitrogens with zero attached hydrogens (tertiary/aromatic N) is 2. The Morgan fingerprint density at radius 2 is 1.71 bits per heavy atom. The molecule has 142 valence electrons. The number of amides is 1. The molecule has 0 spiro atoms. The van der Waals surface area contributed by atoms with Crippen molar-refractivity contribution in [3.8, 4) is 5.69 Å². The van der Waals surface area contributed by atoms with Crippen molar-refractivity contribution in [1.82, 2.24) is 9.99 Å². The number of hydrazone groups is 1. The fourth-order valence-corrected chi connectivity index (χ4v) is 3.23. The van der Waals surface area contributed by atoms with Crippen molar-refractivity contribution in [3.63, 3.8) is 0 Å². The van der Waals surface area contributed by atoms with Crippen LogP contribution in [0.25, 0.3) is 5.69 Å². The minimum atomic E-state index is -0.995. The predicted octanol–water partition coefficient (Wildman–Crippen LogP) is 4.21. The number of para-hydroxylation sites is 1. The molecule has 0 aliphatic heterocycles. The molecule has 0 unspecified atom stereocenters. The lowest BCUT2D eigenvalue weighted by molar-refractivity contribution is 0.0696. The Kier molecular flexibility index (Phi) is 5.61. The molecule has 0 atom stereocenters. The second-order valence-electron chi connectivity index (χ2n) is 6.16. The third-order valence-corrected chi connectivity index (χ3v) is 4.66. The van der Waals surface area contributed by atoms with Crippen molar-refractivity contribution in [1.29, 1.82) is 0 Å². The SMILES string of the molecule is Cc1cc(/C=N\NC(=O)c2ccccc2Cl)c(C)n1-c1ccccc1C(=O)O. The number of hydrogen-bond acceptors (Lipinski definition) is 3. The van der Waals surface area contributed by atoms with Crippen LogP contribution in [-0.4, -0.2) is 27.8 Å². The number of carbonyl (C=O) groups is 2. The van der Waals surface area contributed by atoms with E-state index in [2.05, 4.69) is 10.5 Å². The minimum absolute atomic E-state index is 0.208. The highest BCUT2D eigenvalue weighted by atomic mass is 35.5. The Morgan fingerprint density at radius 3 is 2.39 bits per heavy atom. The van der Waals surface area contributed by atoms with E-state index in [0.717, 1.165) is 17.0 Å². The van der Waals surface area contributed by atoms with E-state index in [0.29, 0.717) is 16.3 Å². The van der Waals surface area contributed by atoms with Crippen molar-refractivity contribution in [2.45, 2.75) is 13.8 Å². The first-order valence-corrected chi connectivity index (χ1v) is 8.87. The van der Waals surface area contributed by atoms with Crippen LogP contribution in [0.4, 0.5) is 0 Å². The molecule has 1 heterocycles. The van der Waals surface area contributed by atoms with E-state index >= 15 is 0 Å². The molecule has 0 saturated heterocycles. The zero-order chi connectivity index (χ0) is 20.3. The number of halogens is 1. The van der Waals surface area contributed by atoms with Crippen LogP contribution >= 0.6 is 11.6 Å². The maximum atomic E-state index is 12.2. The van der Waals surface area contributed by atoms with E-state index in [4.69, 9.17) is 11.6 Å². The van der Waals surface area contributed by atoms with Crippen LogP contribution in [0.15, 0.2) is 59.7 Å². The van der Waals surface area contributed by atoms with Gasteiger partial charge in [0.2, 0.25) is 0 Å². The van der Waals surface area contributed by atoms with Crippen LogP contribution in [-0.2, 0) is 0 Å². The molecule has 28 heavy (non-hydrogen) atoms. The number of aromatic nitrogens is 1. The summed E-state index contributed by atoms with van der Waals surface area (Å²) in [5, 5.41) is 13.8. The summed E-state index contributed by atoms with van der Waals surface area (Å²) in [5.74, 6) is -1.41. The third kappa shape index (κ3) is 3.82. The summed E-state index contributed by atoms with van der Waals surface area (Å²) < 4.78 is 1.85. The van der Waals surface area contributed by atoms with Gasteiger partial charge in [-0.25, -0.2) is 10.2 Å². The van der Waals surface area contributed by atoms with Gasteiger partial charge in [0.1, 0.15) is 0 Å². The van der Waals surface area contributed by atoms with Gasteiger partial charge in [-0.2, -0.15) is 5.10 Å². The number of carboxylic acid groups (broad SMARTS) is 1. The topological polar surface area (TPSA) is 83.7 Å². The molecule has 7 heteroatoms. The monoisotopic (exact) mass is 395 g/mol. The minimum Gasteiger partial charge on any atom is -0.478 e. The average Bonchev–Trinajstić information content (AvgIpc) is 2.95. The van der Waals surface area contributed by atoms with Crippen LogP contribution in [0, 0.1) is 13.8 Å². The van der Waals surface area contributed by atoms with Gasteiger partial charge in [0.05, 0.1) is 28.1 Å². The normalized spacial score (nSPS) is 11.0. The molecule has 6 nitrogen and oxygen atoms in total. The van der Waals surface area contributed by atoms with Gasteiger partial charge in [-0.15, -0.1) is 0 Å². The van der Waals surface area contributed by atoms with E-state index in [1.54, 1.807) is 48.5 Å². The van der Waals surface area contributed by atoms with Gasteiger partial charge in [-0.05, 0) is 44.2 Å². The highest BCUT2D eigenvalue weighted by Crippen LogP contribution is 2.23. The lowest BCUT2D eigenvalue weighted by Gasteiger charge is -2.12. The van der Waals surface area contributed by atoms with Crippen molar-refractivity contribution in [3.05, 3.63) is 87.7 Å². The van der Waals surface area contributed by atoms with Crippen molar-refractivity contribution in [2.75, 3.05) is 0 Å². The third-order valence-electron chi connectivity index (χ3n) is 4.33. The molecule has 0 aliphatic rings. The highest BCUT2D eigenvalue weighted by molar-refractivity contribution is 6.33. The summed E-state index contributed by atoms with van der Waals surface area (Å²) in [6.45, 7) is 3.74. The number of carbonyl (C=O) groups excluding carboxylic acids is 1. The summed E-state index contributed by atoms with van der Waals surface area (Å²) in [6.07, 6.45) is 1.52. The number of nitrogens with one attached hydrogen (secondary N) is 1. The molecule has 0 saturated carbocycles. The fourth-order valence-electron chi connectivity index (χ4n) is 3.00. The van der Waals surface area contributed by atoms with E-state index in [1.165, 1.54) is 6.21 Å². The first-order chi connectivity index (χ1) is 13.4. The van der Waals surface area contributed by atoms with Crippen LogP contribution in [0.3, 0.4) is 0 Å². The zero-order valence-corrected chi connectivity index (χ0v) is 16.1. The fraction of sp³-hybridized carbons (Fsp3) is 0.0952. The Labute approximate surface area is 167 Å². The highest BCUT2D eigenvalue weighted by Gasteiger charge is 2.16. The van der Waals surface area contributed by atoms with Crippen molar-refractivity contribution < 1.29 is 14.7 Å². The Morgan fingerprint density at radius 1 is 1.07 bits per heavy atom. The number of rotatable bonds is 5. The zero-order valence-electron chi connectivity index (χ0n) is 15.3. The van der Waals surface area contributed by atoms with Crippen LogP contribution < -0.4 is 5.43 Å². The molecule has 0 fully saturated rings. The number of aryl methyl sites for hydroxylation is 1. The lowest BCUT2D eigenvalue weighted by Crippen LogP contribution is -2.18. The number of carboxylic acids is 1. The Balaban J connectivity index is 1.87. The lowest BCUT2D eigenvalue weighted by atomic mass is 10.1. The van der Waals surface area contributed by atoms with E-state index < -0.39 is 11.9 Å². The van der Waals surface area contributed by atoms with Gasteiger partial charge >= 0.3 is 5.97 Å². The molecule has 0 bridgehead atoms. The average molecular weight is 396 g/mol. The summed E-state index contributed by atoms with van der Waals surface area (Å²) in [5.41, 5.74) is 5.99. The van der Waals surface area contributed by atoms with E-state index in [1.807, 2.05) is 24.5 Å². The van der Waals surface area contributed by atoms with Crippen LogP contribution in [0.2, 0.25) is 5.02 Å². The molecular weight excluding hydrogens is 378 g/mol. The molecule has 1 aromatic heterocycles. The van der Waals surface area contributed by atoms with Gasteiger partial charge in [0, 0.05) is 17.0 Å². The summed E-state index contributed by atoms with van der Waals surface area (Å²) in [4.78, 5) is 23.7. The number of benzene rings is 2. The van der Waals surface area contributed by atoms with Crippen LogP contribution in [0.5, 0.6) is 0 Å². The molecule has 1 amide bonds. The van der Waals surface area contributed by atoms with E-state index in [-0.39, 0.29) is 5.56 Å². The van der Waals surface area contributed by atoms with Gasteiger partial charge in [-0.3, -0.25) is 4.79 Å². The molecule has 0 aliphatic carbocycles. The Bertz CT molecular complexity index is 1090. The van der Waals surface area contributed by atoms with E-state index in [9.17, 15) is 14.7 Å². The summed E-state index contributed by atoms with van der Waals surface area (Å²) in [7, 11) is 0. The van der Waals surface area contributed by atoms with Crippen molar-refractivity contribution >= 4 is 29.7 Å². The maximum absolute atomic E-state index is 12.2. The quantitative estimate of drug-likeness (QED) is 0.501. The van der Waals surface area contributed by atoms with Gasteiger partial charge in [-0.1, -0.05) is 35.9 Å². The predicted molar refractivity (Wildman–Crippen MR) is 109 cm³/mol. The molecule has 2 N–H and O–H groups in total. The van der Waals surface area contributed by atoms with Gasteiger partial charge < -0.3 is 9.67 Å². The van der Waals surface area contributed by atoms with Crippen molar-refractivity contribution in [2.24, 2.45) is 5.10 Å². The second kappa shape index (κ2) is 8.10. The molecular formula is C21H18ClN3O3. The standard InChI is InChI=1S/C21H18ClN3O3/c1-13-11-15(12-23-24-20(26)16-7-3-5-9-18(16)22)14(2)25(13)19-10-6-4-8-17(19)21(27)28/h3-12H,1-2H3,(H,24,26)(H,27,28)/b23-12-. The second-order valence-corrected chi connectivity index (χ2v) is 6.57. The number of aromatic carboxylic acids is 1. The van der Waals surface area contributed by atoms with Gasteiger partial charge in [0.15, 0.2) is 0 Å². The van der Waals surface area contributed by atoms with Gasteiger partial charge in [0.25, 0.3) is 5.91 Å².